The van der Waals surface area contributed by atoms with Gasteiger partial charge in [-0.2, -0.15) is 0 Å². The summed E-state index contributed by atoms with van der Waals surface area (Å²) in [6.45, 7) is 2.06. The van der Waals surface area contributed by atoms with E-state index < -0.39 is 0 Å². The molecular weight excluding hydrogens is 543 g/mol. The highest BCUT2D eigenvalue weighted by atomic mass is 35.5. The molecule has 40 heavy (non-hydrogen) atoms. The molecule has 4 aromatic rings. The molecule has 8 heteroatoms. The van der Waals surface area contributed by atoms with Crippen molar-refractivity contribution in [2.75, 3.05) is 19.6 Å². The van der Waals surface area contributed by atoms with Gasteiger partial charge < -0.3 is 14.7 Å². The molecular formula is C32H30Cl2N4O2. The number of benzene rings is 3. The Labute approximate surface area is 244 Å². The third-order valence-corrected chi connectivity index (χ3v) is 7.53. The molecule has 3 amide bonds. The van der Waals surface area contributed by atoms with Crippen molar-refractivity contribution in [3.8, 4) is 0 Å². The zero-order valence-corrected chi connectivity index (χ0v) is 23.5. The summed E-state index contributed by atoms with van der Waals surface area (Å²) in [7, 11) is 0. The summed E-state index contributed by atoms with van der Waals surface area (Å²) in [5.74, 6) is 0.0295. The van der Waals surface area contributed by atoms with Gasteiger partial charge in [-0.3, -0.25) is 9.78 Å². The number of halogens is 2. The van der Waals surface area contributed by atoms with Crippen molar-refractivity contribution in [2.24, 2.45) is 0 Å². The second kappa shape index (κ2) is 13.0. The van der Waals surface area contributed by atoms with E-state index in [1.165, 1.54) is 0 Å². The SMILES string of the molecule is O=C(N(Cc1cccc(Cl)c1)Cc1cccc(Cl)c1)N1CCN(C(=O)Cc2ccncc2)C(c2ccccc2)C1. The zero-order valence-electron chi connectivity index (χ0n) is 22.0. The van der Waals surface area contributed by atoms with Crippen LogP contribution < -0.4 is 0 Å². The van der Waals surface area contributed by atoms with Crippen molar-refractivity contribution in [3.63, 3.8) is 0 Å². The van der Waals surface area contributed by atoms with Gasteiger partial charge in [-0.25, -0.2) is 4.79 Å². The second-order valence-electron chi connectivity index (χ2n) is 9.89. The van der Waals surface area contributed by atoms with Crippen LogP contribution in [0.4, 0.5) is 4.79 Å². The van der Waals surface area contributed by atoms with Crippen molar-refractivity contribution in [1.29, 1.82) is 0 Å². The molecule has 1 aromatic heterocycles. The minimum Gasteiger partial charge on any atom is -0.332 e. The first kappa shape index (κ1) is 27.7. The van der Waals surface area contributed by atoms with Gasteiger partial charge >= 0.3 is 6.03 Å². The van der Waals surface area contributed by atoms with Crippen molar-refractivity contribution in [2.45, 2.75) is 25.6 Å². The van der Waals surface area contributed by atoms with E-state index in [0.717, 1.165) is 22.3 Å². The molecule has 1 saturated heterocycles. The van der Waals surface area contributed by atoms with Gasteiger partial charge in [0.05, 0.1) is 12.5 Å². The van der Waals surface area contributed by atoms with Crippen LogP contribution in [0, 0.1) is 0 Å². The third-order valence-electron chi connectivity index (χ3n) is 7.06. The predicted octanol–water partition coefficient (Wildman–Crippen LogP) is 6.64. The van der Waals surface area contributed by atoms with Crippen LogP contribution in [0.25, 0.3) is 0 Å². The van der Waals surface area contributed by atoms with Crippen LogP contribution in [-0.2, 0) is 24.3 Å². The van der Waals surface area contributed by atoms with E-state index in [2.05, 4.69) is 4.98 Å². The van der Waals surface area contributed by atoms with Crippen LogP contribution in [0.15, 0.2) is 103 Å². The molecule has 1 aliphatic rings. The second-order valence-corrected chi connectivity index (χ2v) is 10.8. The van der Waals surface area contributed by atoms with Crippen LogP contribution in [0.1, 0.15) is 28.3 Å². The highest BCUT2D eigenvalue weighted by Gasteiger charge is 2.35. The van der Waals surface area contributed by atoms with Gasteiger partial charge in [0.1, 0.15) is 0 Å². The monoisotopic (exact) mass is 572 g/mol. The Morgan fingerprint density at radius 3 is 2.00 bits per heavy atom. The summed E-state index contributed by atoms with van der Waals surface area (Å²) in [5.41, 5.74) is 3.79. The van der Waals surface area contributed by atoms with Crippen molar-refractivity contribution in [1.82, 2.24) is 19.7 Å². The number of rotatable bonds is 7. The van der Waals surface area contributed by atoms with Crippen molar-refractivity contribution in [3.05, 3.63) is 136 Å². The number of amides is 3. The highest BCUT2D eigenvalue weighted by molar-refractivity contribution is 6.30. The summed E-state index contributed by atoms with van der Waals surface area (Å²) in [6.07, 6.45) is 3.68. The number of pyridine rings is 1. The van der Waals surface area contributed by atoms with E-state index in [1.54, 1.807) is 12.4 Å². The molecule has 1 aliphatic heterocycles. The van der Waals surface area contributed by atoms with E-state index in [1.807, 2.05) is 106 Å². The molecule has 1 unspecified atom stereocenters. The number of hydrogen-bond donors (Lipinski definition) is 0. The lowest BCUT2D eigenvalue weighted by atomic mass is 10.0. The molecule has 0 saturated carbocycles. The molecule has 6 nitrogen and oxygen atoms in total. The van der Waals surface area contributed by atoms with Gasteiger partial charge in [-0.05, 0) is 58.7 Å². The maximum atomic E-state index is 14.1. The lowest BCUT2D eigenvalue weighted by molar-refractivity contribution is -0.135. The van der Waals surface area contributed by atoms with E-state index in [4.69, 9.17) is 23.2 Å². The smallest absolute Gasteiger partial charge is 0.320 e. The maximum absolute atomic E-state index is 14.1. The maximum Gasteiger partial charge on any atom is 0.320 e. The number of piperazine rings is 1. The number of nitrogens with zero attached hydrogens (tertiary/aromatic N) is 4. The van der Waals surface area contributed by atoms with Gasteiger partial charge in [-0.15, -0.1) is 0 Å². The van der Waals surface area contributed by atoms with E-state index in [0.29, 0.717) is 42.8 Å². The molecule has 204 valence electrons. The Morgan fingerprint density at radius 2 is 1.40 bits per heavy atom. The first-order valence-electron chi connectivity index (χ1n) is 13.2. The Balaban J connectivity index is 1.39. The lowest BCUT2D eigenvalue weighted by Gasteiger charge is -2.43. The molecule has 0 radical (unpaired) electrons. The summed E-state index contributed by atoms with van der Waals surface area (Å²) < 4.78 is 0. The summed E-state index contributed by atoms with van der Waals surface area (Å²) in [6, 6.07) is 28.4. The highest BCUT2D eigenvalue weighted by Crippen LogP contribution is 2.28. The zero-order chi connectivity index (χ0) is 27.9. The Morgan fingerprint density at radius 1 is 0.775 bits per heavy atom. The van der Waals surface area contributed by atoms with Gasteiger partial charge in [-0.1, -0.05) is 77.8 Å². The molecule has 0 bridgehead atoms. The number of hydrogen-bond acceptors (Lipinski definition) is 3. The predicted molar refractivity (Wildman–Crippen MR) is 158 cm³/mol. The molecule has 1 fully saturated rings. The fourth-order valence-corrected chi connectivity index (χ4v) is 5.52. The van der Waals surface area contributed by atoms with Crippen LogP contribution in [-0.4, -0.2) is 51.3 Å². The van der Waals surface area contributed by atoms with Crippen molar-refractivity contribution >= 4 is 35.1 Å². The van der Waals surface area contributed by atoms with E-state index >= 15 is 0 Å². The van der Waals surface area contributed by atoms with Crippen LogP contribution in [0.2, 0.25) is 10.0 Å². The summed E-state index contributed by atoms with van der Waals surface area (Å²) in [5, 5.41) is 1.25. The van der Waals surface area contributed by atoms with Gasteiger partial charge in [0.25, 0.3) is 0 Å². The Kier molecular flexibility index (Phi) is 8.99. The summed E-state index contributed by atoms with van der Waals surface area (Å²) >= 11 is 12.5. The Hall–Kier alpha value is -3.87. The number of urea groups is 1. The van der Waals surface area contributed by atoms with Crippen LogP contribution in [0.3, 0.4) is 0 Å². The third kappa shape index (κ3) is 7.00. The van der Waals surface area contributed by atoms with Gasteiger partial charge in [0.15, 0.2) is 0 Å². The quantitative estimate of drug-likeness (QED) is 0.249. The first-order valence-corrected chi connectivity index (χ1v) is 14.0. The van der Waals surface area contributed by atoms with E-state index in [-0.39, 0.29) is 24.4 Å². The molecule has 3 aromatic carbocycles. The first-order chi connectivity index (χ1) is 19.5. The molecule has 0 spiro atoms. The lowest BCUT2D eigenvalue weighted by Crippen LogP contribution is -2.55. The minimum absolute atomic E-state index is 0.0295. The average molecular weight is 574 g/mol. The number of carbonyl (C=O) groups excluding carboxylic acids is 2. The largest absolute Gasteiger partial charge is 0.332 e. The molecule has 0 N–H and O–H groups in total. The van der Waals surface area contributed by atoms with E-state index in [9.17, 15) is 9.59 Å². The molecule has 5 rings (SSSR count). The van der Waals surface area contributed by atoms with Crippen molar-refractivity contribution < 1.29 is 9.59 Å². The fraction of sp³-hybridized carbons (Fsp3) is 0.219. The van der Waals surface area contributed by atoms with Crippen LogP contribution in [0.5, 0.6) is 0 Å². The Bertz CT molecular complexity index is 1400. The van der Waals surface area contributed by atoms with Gasteiger partial charge in [0, 0.05) is 55.2 Å². The van der Waals surface area contributed by atoms with Crippen LogP contribution >= 0.6 is 23.2 Å². The number of aromatic nitrogens is 1. The molecule has 0 aliphatic carbocycles. The standard InChI is InChI=1S/C32H30Cl2N4O2/c33-28-10-4-6-25(18-28)21-37(22-26-7-5-11-29(34)19-26)32(40)36-16-17-38(30(23-36)27-8-2-1-3-9-27)31(39)20-24-12-14-35-15-13-24/h1-15,18-19,30H,16-17,20-23H2. The minimum atomic E-state index is -0.257. The molecule has 2 heterocycles. The summed E-state index contributed by atoms with van der Waals surface area (Å²) in [4.78, 5) is 37.2. The van der Waals surface area contributed by atoms with Gasteiger partial charge in [0.2, 0.25) is 5.91 Å². The fourth-order valence-electron chi connectivity index (χ4n) is 5.10. The number of carbonyl (C=O) groups is 2. The topological polar surface area (TPSA) is 56.8 Å². The molecule has 1 atom stereocenters. The average Bonchev–Trinajstić information content (AvgIpc) is 2.97. The normalized spacial score (nSPS) is 15.1.